The van der Waals surface area contributed by atoms with Crippen molar-refractivity contribution in [2.24, 2.45) is 0 Å². The summed E-state index contributed by atoms with van der Waals surface area (Å²) in [5.41, 5.74) is 2.25. The second-order valence-electron chi connectivity index (χ2n) is 6.13. The molecular formula is C18H27NO2. The van der Waals surface area contributed by atoms with E-state index in [1.165, 1.54) is 31.2 Å². The normalized spacial score (nSPS) is 20.0. The monoisotopic (exact) mass is 289 g/mol. The van der Waals surface area contributed by atoms with Crippen LogP contribution in [0.3, 0.4) is 0 Å². The fourth-order valence-corrected chi connectivity index (χ4v) is 3.10. The highest BCUT2D eigenvalue weighted by Crippen LogP contribution is 2.29. The topological polar surface area (TPSA) is 40.5 Å². The van der Waals surface area contributed by atoms with Crippen LogP contribution in [0.4, 0.5) is 5.69 Å². The van der Waals surface area contributed by atoms with Crippen molar-refractivity contribution in [3.63, 3.8) is 0 Å². The molecule has 1 fully saturated rings. The number of amides is 1. The van der Waals surface area contributed by atoms with Gasteiger partial charge < -0.3 is 10.0 Å². The lowest BCUT2D eigenvalue weighted by atomic mass is 9.95. The SMILES string of the molecule is CCCCC[C@H](C)c1ccc(N2C(=O)CC[C@@H]2CO)cc1. The summed E-state index contributed by atoms with van der Waals surface area (Å²) in [7, 11) is 0. The molecule has 0 aliphatic carbocycles. The number of nitrogens with zero attached hydrogens (tertiary/aromatic N) is 1. The first-order valence-corrected chi connectivity index (χ1v) is 8.20. The lowest BCUT2D eigenvalue weighted by Crippen LogP contribution is -2.35. The Labute approximate surface area is 128 Å². The molecule has 0 saturated carbocycles. The number of carbonyl (C=O) groups is 1. The van der Waals surface area contributed by atoms with Crippen LogP contribution in [0.2, 0.25) is 0 Å². The summed E-state index contributed by atoms with van der Waals surface area (Å²) < 4.78 is 0. The molecule has 3 nitrogen and oxygen atoms in total. The molecule has 116 valence electrons. The van der Waals surface area contributed by atoms with Crippen LogP contribution in [0.5, 0.6) is 0 Å². The third kappa shape index (κ3) is 3.85. The van der Waals surface area contributed by atoms with Crippen LogP contribution in [0, 0.1) is 0 Å². The van der Waals surface area contributed by atoms with E-state index in [0.717, 1.165) is 12.1 Å². The van der Waals surface area contributed by atoms with Crippen molar-refractivity contribution < 1.29 is 9.90 Å². The standard InChI is InChI=1S/C18H27NO2/c1-3-4-5-6-14(2)15-7-9-16(10-8-15)19-17(13-20)11-12-18(19)21/h7-10,14,17,20H,3-6,11-13H2,1-2H3/t14-,17+/m0/s1. The van der Waals surface area contributed by atoms with Gasteiger partial charge in [-0.25, -0.2) is 0 Å². The lowest BCUT2D eigenvalue weighted by molar-refractivity contribution is -0.117. The van der Waals surface area contributed by atoms with Crippen molar-refractivity contribution in [3.05, 3.63) is 29.8 Å². The van der Waals surface area contributed by atoms with E-state index in [1.54, 1.807) is 4.90 Å². The summed E-state index contributed by atoms with van der Waals surface area (Å²) in [6.45, 7) is 4.53. The van der Waals surface area contributed by atoms with Gasteiger partial charge in [0, 0.05) is 12.1 Å². The van der Waals surface area contributed by atoms with Crippen molar-refractivity contribution in [2.45, 2.75) is 64.3 Å². The molecule has 0 unspecified atom stereocenters. The Morgan fingerprint density at radius 1 is 1.29 bits per heavy atom. The Morgan fingerprint density at radius 3 is 2.62 bits per heavy atom. The average Bonchev–Trinajstić information content (AvgIpc) is 2.88. The quantitative estimate of drug-likeness (QED) is 0.774. The van der Waals surface area contributed by atoms with E-state index in [4.69, 9.17) is 0 Å². The zero-order valence-electron chi connectivity index (χ0n) is 13.2. The molecular weight excluding hydrogens is 262 g/mol. The molecule has 1 aromatic rings. The Balaban J connectivity index is 2.03. The summed E-state index contributed by atoms with van der Waals surface area (Å²) in [5, 5.41) is 9.38. The second kappa shape index (κ2) is 7.60. The van der Waals surface area contributed by atoms with Gasteiger partial charge in [0.1, 0.15) is 0 Å². The number of benzene rings is 1. The minimum Gasteiger partial charge on any atom is -0.394 e. The molecule has 1 aliphatic heterocycles. The van der Waals surface area contributed by atoms with Crippen molar-refractivity contribution >= 4 is 11.6 Å². The Hall–Kier alpha value is -1.35. The van der Waals surface area contributed by atoms with Gasteiger partial charge in [-0.3, -0.25) is 4.79 Å². The maximum atomic E-state index is 12.0. The molecule has 0 aromatic heterocycles. The van der Waals surface area contributed by atoms with Gasteiger partial charge in [-0.2, -0.15) is 0 Å². The van der Waals surface area contributed by atoms with Gasteiger partial charge >= 0.3 is 0 Å². The number of carbonyl (C=O) groups excluding carboxylic acids is 1. The van der Waals surface area contributed by atoms with Crippen LogP contribution in [0.25, 0.3) is 0 Å². The molecule has 2 rings (SSSR count). The van der Waals surface area contributed by atoms with Crippen LogP contribution in [0.1, 0.15) is 63.9 Å². The Morgan fingerprint density at radius 2 is 2.00 bits per heavy atom. The molecule has 3 heteroatoms. The fraction of sp³-hybridized carbons (Fsp3) is 0.611. The maximum Gasteiger partial charge on any atom is 0.227 e. The molecule has 1 aromatic carbocycles. The molecule has 21 heavy (non-hydrogen) atoms. The van der Waals surface area contributed by atoms with Gasteiger partial charge in [-0.15, -0.1) is 0 Å². The van der Waals surface area contributed by atoms with Gasteiger partial charge in [0.2, 0.25) is 5.91 Å². The predicted molar refractivity (Wildman–Crippen MR) is 86.6 cm³/mol. The molecule has 1 amide bonds. The molecule has 0 radical (unpaired) electrons. The largest absolute Gasteiger partial charge is 0.394 e. The van der Waals surface area contributed by atoms with Crippen molar-refractivity contribution in [2.75, 3.05) is 11.5 Å². The Bertz CT molecular complexity index is 455. The Kier molecular flexibility index (Phi) is 5.80. The van der Waals surface area contributed by atoms with Crippen LogP contribution in [-0.4, -0.2) is 23.7 Å². The minimum absolute atomic E-state index is 0.0426. The van der Waals surface area contributed by atoms with Gasteiger partial charge in [0.25, 0.3) is 0 Å². The number of anilines is 1. The third-order valence-electron chi connectivity index (χ3n) is 4.52. The minimum atomic E-state index is -0.0506. The maximum absolute atomic E-state index is 12.0. The van der Waals surface area contributed by atoms with Crippen molar-refractivity contribution in [3.8, 4) is 0 Å². The highest BCUT2D eigenvalue weighted by molar-refractivity contribution is 5.96. The molecule has 0 spiro atoms. The average molecular weight is 289 g/mol. The van der Waals surface area contributed by atoms with Gasteiger partial charge in [-0.05, 0) is 36.5 Å². The van der Waals surface area contributed by atoms with E-state index in [0.29, 0.717) is 12.3 Å². The lowest BCUT2D eigenvalue weighted by Gasteiger charge is -2.24. The van der Waals surface area contributed by atoms with Crippen molar-refractivity contribution in [1.82, 2.24) is 0 Å². The molecule has 0 bridgehead atoms. The van der Waals surface area contributed by atoms with E-state index >= 15 is 0 Å². The highest BCUT2D eigenvalue weighted by Gasteiger charge is 2.31. The first kappa shape index (κ1) is 16.0. The van der Waals surface area contributed by atoms with Crippen LogP contribution < -0.4 is 4.90 Å². The highest BCUT2D eigenvalue weighted by atomic mass is 16.3. The molecule has 2 atom stereocenters. The van der Waals surface area contributed by atoms with Gasteiger partial charge in [0.05, 0.1) is 12.6 Å². The number of unbranched alkanes of at least 4 members (excludes halogenated alkanes) is 2. The van der Waals surface area contributed by atoms with E-state index in [-0.39, 0.29) is 18.6 Å². The summed E-state index contributed by atoms with van der Waals surface area (Å²) in [5.74, 6) is 0.686. The summed E-state index contributed by atoms with van der Waals surface area (Å²) >= 11 is 0. The zero-order valence-corrected chi connectivity index (χ0v) is 13.2. The number of aliphatic hydroxyl groups excluding tert-OH is 1. The number of hydrogen-bond donors (Lipinski definition) is 1. The van der Waals surface area contributed by atoms with E-state index < -0.39 is 0 Å². The van der Waals surface area contributed by atoms with Crippen molar-refractivity contribution in [1.29, 1.82) is 0 Å². The first-order valence-electron chi connectivity index (χ1n) is 8.20. The number of rotatable bonds is 7. The van der Waals surface area contributed by atoms with E-state index in [1.807, 2.05) is 12.1 Å². The predicted octanol–water partition coefficient (Wildman–Crippen LogP) is 3.86. The zero-order chi connectivity index (χ0) is 15.2. The third-order valence-corrected chi connectivity index (χ3v) is 4.52. The molecule has 1 saturated heterocycles. The number of hydrogen-bond acceptors (Lipinski definition) is 2. The van der Waals surface area contributed by atoms with Gasteiger partial charge in [-0.1, -0.05) is 45.2 Å². The van der Waals surface area contributed by atoms with E-state index in [9.17, 15) is 9.90 Å². The van der Waals surface area contributed by atoms with Gasteiger partial charge in [0.15, 0.2) is 0 Å². The molecule has 1 heterocycles. The summed E-state index contributed by atoms with van der Waals surface area (Å²) in [6, 6.07) is 8.26. The summed E-state index contributed by atoms with van der Waals surface area (Å²) in [6.07, 6.45) is 6.34. The molecule has 1 aliphatic rings. The molecule has 1 N–H and O–H groups in total. The summed E-state index contributed by atoms with van der Waals surface area (Å²) in [4.78, 5) is 13.7. The number of aliphatic hydroxyl groups is 1. The fourth-order valence-electron chi connectivity index (χ4n) is 3.10. The van der Waals surface area contributed by atoms with Crippen LogP contribution in [-0.2, 0) is 4.79 Å². The first-order chi connectivity index (χ1) is 10.2. The van der Waals surface area contributed by atoms with Crippen LogP contribution >= 0.6 is 0 Å². The second-order valence-corrected chi connectivity index (χ2v) is 6.13. The smallest absolute Gasteiger partial charge is 0.227 e. The van der Waals surface area contributed by atoms with E-state index in [2.05, 4.69) is 26.0 Å². The van der Waals surface area contributed by atoms with Crippen LogP contribution in [0.15, 0.2) is 24.3 Å².